The molecule has 1 fully saturated rings. The highest BCUT2D eigenvalue weighted by Crippen LogP contribution is 2.28. The molecule has 1 aromatic rings. The van der Waals surface area contributed by atoms with Crippen LogP contribution in [0.2, 0.25) is 0 Å². The first-order valence-electron chi connectivity index (χ1n) is 5.67. The van der Waals surface area contributed by atoms with Gasteiger partial charge < -0.3 is 15.2 Å². The van der Waals surface area contributed by atoms with E-state index in [0.29, 0.717) is 12.5 Å². The molecule has 84 valence electrons. The predicted octanol–water partition coefficient (Wildman–Crippen LogP) is 1.21. The lowest BCUT2D eigenvalue weighted by molar-refractivity contribution is 0.409. The van der Waals surface area contributed by atoms with Gasteiger partial charge in [0, 0.05) is 37.4 Å². The summed E-state index contributed by atoms with van der Waals surface area (Å²) >= 11 is 0. The molecule has 1 aromatic heterocycles. The van der Waals surface area contributed by atoms with Gasteiger partial charge in [-0.15, -0.1) is 0 Å². The summed E-state index contributed by atoms with van der Waals surface area (Å²) in [6.07, 6.45) is 1.28. The Morgan fingerprint density at radius 2 is 2.20 bits per heavy atom. The number of likely N-dealkylation sites (tertiary alicyclic amines) is 1. The van der Waals surface area contributed by atoms with E-state index in [2.05, 4.69) is 36.6 Å². The van der Waals surface area contributed by atoms with Crippen LogP contribution in [0.15, 0.2) is 6.07 Å². The first kappa shape index (κ1) is 10.7. The standard InChI is InChI=1S/C12H21N3/c1-9-11(7-13)6-12(15(9)3)10-4-5-14(2)8-10/h6,10H,4-5,7-8,13H2,1-3H3. The minimum absolute atomic E-state index is 0.655. The summed E-state index contributed by atoms with van der Waals surface area (Å²) in [6, 6.07) is 2.29. The van der Waals surface area contributed by atoms with Crippen molar-refractivity contribution in [2.75, 3.05) is 20.1 Å². The van der Waals surface area contributed by atoms with Crippen LogP contribution < -0.4 is 5.73 Å². The zero-order valence-electron chi connectivity index (χ0n) is 9.95. The van der Waals surface area contributed by atoms with Crippen molar-refractivity contribution >= 4 is 0 Å². The molecular weight excluding hydrogens is 186 g/mol. The lowest BCUT2D eigenvalue weighted by atomic mass is 10.0. The summed E-state index contributed by atoms with van der Waals surface area (Å²) in [5.74, 6) is 0.694. The van der Waals surface area contributed by atoms with Crippen LogP contribution in [-0.2, 0) is 13.6 Å². The molecule has 1 atom stereocenters. The minimum Gasteiger partial charge on any atom is -0.351 e. The molecule has 1 saturated heterocycles. The zero-order chi connectivity index (χ0) is 11.0. The van der Waals surface area contributed by atoms with Crippen LogP contribution >= 0.6 is 0 Å². The van der Waals surface area contributed by atoms with Gasteiger partial charge in [0.25, 0.3) is 0 Å². The van der Waals surface area contributed by atoms with Crippen LogP contribution in [-0.4, -0.2) is 29.6 Å². The second kappa shape index (κ2) is 3.99. The van der Waals surface area contributed by atoms with Gasteiger partial charge in [0.2, 0.25) is 0 Å². The van der Waals surface area contributed by atoms with E-state index in [1.807, 2.05) is 0 Å². The van der Waals surface area contributed by atoms with Gasteiger partial charge in [-0.25, -0.2) is 0 Å². The molecule has 0 aliphatic carbocycles. The Labute approximate surface area is 91.9 Å². The second-order valence-electron chi connectivity index (χ2n) is 4.69. The summed E-state index contributed by atoms with van der Waals surface area (Å²) in [5, 5.41) is 0. The van der Waals surface area contributed by atoms with Crippen molar-refractivity contribution in [2.45, 2.75) is 25.8 Å². The van der Waals surface area contributed by atoms with Crippen molar-refractivity contribution < 1.29 is 0 Å². The quantitative estimate of drug-likeness (QED) is 0.791. The summed E-state index contributed by atoms with van der Waals surface area (Å²) in [7, 11) is 4.35. The molecule has 3 heteroatoms. The second-order valence-corrected chi connectivity index (χ2v) is 4.69. The third kappa shape index (κ3) is 1.82. The van der Waals surface area contributed by atoms with E-state index in [1.165, 1.54) is 36.5 Å². The fraction of sp³-hybridized carbons (Fsp3) is 0.667. The molecule has 1 aliphatic rings. The number of likely N-dealkylation sites (N-methyl/N-ethyl adjacent to an activating group) is 1. The molecule has 1 unspecified atom stereocenters. The van der Waals surface area contributed by atoms with Crippen LogP contribution in [0.5, 0.6) is 0 Å². The number of hydrogen-bond donors (Lipinski definition) is 1. The fourth-order valence-electron chi connectivity index (χ4n) is 2.56. The van der Waals surface area contributed by atoms with Crippen LogP contribution in [0.25, 0.3) is 0 Å². The highest BCUT2D eigenvalue weighted by atomic mass is 15.1. The predicted molar refractivity (Wildman–Crippen MR) is 62.9 cm³/mol. The maximum absolute atomic E-state index is 5.74. The first-order chi connectivity index (χ1) is 7.13. The number of rotatable bonds is 2. The van der Waals surface area contributed by atoms with E-state index in [9.17, 15) is 0 Å². The minimum atomic E-state index is 0.655. The van der Waals surface area contributed by atoms with Crippen LogP contribution in [0, 0.1) is 6.92 Å². The van der Waals surface area contributed by atoms with Crippen molar-refractivity contribution in [2.24, 2.45) is 12.8 Å². The van der Waals surface area contributed by atoms with Crippen molar-refractivity contribution in [1.82, 2.24) is 9.47 Å². The Morgan fingerprint density at radius 1 is 1.47 bits per heavy atom. The normalized spacial score (nSPS) is 22.5. The molecule has 0 amide bonds. The Bertz CT molecular complexity index is 354. The largest absolute Gasteiger partial charge is 0.351 e. The van der Waals surface area contributed by atoms with Gasteiger partial charge in [-0.2, -0.15) is 0 Å². The molecule has 0 saturated carbocycles. The van der Waals surface area contributed by atoms with Crippen molar-refractivity contribution in [3.63, 3.8) is 0 Å². The average molecular weight is 207 g/mol. The van der Waals surface area contributed by atoms with E-state index >= 15 is 0 Å². The van der Waals surface area contributed by atoms with Gasteiger partial charge in [-0.3, -0.25) is 0 Å². The zero-order valence-corrected chi connectivity index (χ0v) is 9.95. The van der Waals surface area contributed by atoms with Crippen molar-refractivity contribution in [1.29, 1.82) is 0 Å². The van der Waals surface area contributed by atoms with Gasteiger partial charge in [0.15, 0.2) is 0 Å². The molecule has 0 spiro atoms. The van der Waals surface area contributed by atoms with Gasteiger partial charge in [-0.1, -0.05) is 0 Å². The van der Waals surface area contributed by atoms with Gasteiger partial charge >= 0.3 is 0 Å². The van der Waals surface area contributed by atoms with E-state index in [0.717, 1.165) is 0 Å². The lowest BCUT2D eigenvalue weighted by Crippen LogP contribution is -2.14. The first-order valence-corrected chi connectivity index (χ1v) is 5.67. The number of aromatic nitrogens is 1. The Kier molecular flexibility index (Phi) is 2.85. The summed E-state index contributed by atoms with van der Waals surface area (Å²) in [5.41, 5.74) is 9.81. The highest BCUT2D eigenvalue weighted by Gasteiger charge is 2.24. The summed E-state index contributed by atoms with van der Waals surface area (Å²) in [6.45, 7) is 5.21. The average Bonchev–Trinajstić information content (AvgIpc) is 2.74. The Morgan fingerprint density at radius 3 is 2.67 bits per heavy atom. The van der Waals surface area contributed by atoms with Gasteiger partial charge in [0.1, 0.15) is 0 Å². The van der Waals surface area contributed by atoms with Crippen LogP contribution in [0.3, 0.4) is 0 Å². The van der Waals surface area contributed by atoms with Crippen LogP contribution in [0.1, 0.15) is 29.3 Å². The maximum Gasteiger partial charge on any atom is 0.0221 e. The molecule has 2 N–H and O–H groups in total. The molecule has 0 bridgehead atoms. The van der Waals surface area contributed by atoms with Gasteiger partial charge in [0.05, 0.1) is 0 Å². The highest BCUT2D eigenvalue weighted by molar-refractivity contribution is 5.29. The molecule has 1 aliphatic heterocycles. The third-order valence-corrected chi connectivity index (χ3v) is 3.71. The third-order valence-electron chi connectivity index (χ3n) is 3.71. The lowest BCUT2D eigenvalue weighted by Gasteiger charge is -2.12. The van der Waals surface area contributed by atoms with Crippen LogP contribution in [0.4, 0.5) is 0 Å². The number of hydrogen-bond acceptors (Lipinski definition) is 2. The summed E-state index contributed by atoms with van der Waals surface area (Å²) < 4.78 is 2.31. The van der Waals surface area contributed by atoms with E-state index in [4.69, 9.17) is 5.73 Å². The van der Waals surface area contributed by atoms with Crippen molar-refractivity contribution in [3.8, 4) is 0 Å². The molecule has 3 nitrogen and oxygen atoms in total. The SMILES string of the molecule is Cc1c(CN)cc(C2CCN(C)C2)n1C. The smallest absolute Gasteiger partial charge is 0.0221 e. The topological polar surface area (TPSA) is 34.2 Å². The maximum atomic E-state index is 5.74. The monoisotopic (exact) mass is 207 g/mol. The van der Waals surface area contributed by atoms with E-state index in [1.54, 1.807) is 0 Å². The number of nitrogens with zero attached hydrogens (tertiary/aromatic N) is 2. The number of nitrogens with two attached hydrogens (primary N) is 1. The molecule has 0 aromatic carbocycles. The van der Waals surface area contributed by atoms with Gasteiger partial charge in [-0.05, 0) is 38.6 Å². The fourth-order valence-corrected chi connectivity index (χ4v) is 2.56. The van der Waals surface area contributed by atoms with Crippen molar-refractivity contribution in [3.05, 3.63) is 23.0 Å². The Hall–Kier alpha value is -0.800. The Balaban J connectivity index is 2.28. The molecule has 15 heavy (non-hydrogen) atoms. The van der Waals surface area contributed by atoms with E-state index < -0.39 is 0 Å². The molecule has 0 radical (unpaired) electrons. The summed E-state index contributed by atoms with van der Waals surface area (Å²) in [4.78, 5) is 2.40. The van der Waals surface area contributed by atoms with E-state index in [-0.39, 0.29) is 0 Å². The molecule has 2 heterocycles. The molecular formula is C12H21N3. The molecule has 2 rings (SSSR count).